The van der Waals surface area contributed by atoms with Crippen LogP contribution in [-0.2, 0) is 13.7 Å². The Morgan fingerprint density at radius 1 is 0.526 bits per heavy atom. The third-order valence-corrected chi connectivity index (χ3v) is 4.88. The number of hydrogen-bond acceptors (Lipinski definition) is 3. The molecule has 0 saturated heterocycles. The van der Waals surface area contributed by atoms with Crippen LogP contribution in [0, 0.1) is 0 Å². The summed E-state index contributed by atoms with van der Waals surface area (Å²) in [4.78, 5) is 13.4. The Morgan fingerprint density at radius 2 is 0.895 bits per heavy atom. The zero-order valence-electron chi connectivity index (χ0n) is 10.1. The topological polar surface area (TPSA) is 38.7 Å². The average Bonchev–Trinajstić information content (AvgIpc) is 2.51. The molecule has 0 N–H and O–H groups in total. The summed E-state index contributed by atoms with van der Waals surface area (Å²) in [6, 6.07) is 17.9. The van der Waals surface area contributed by atoms with Gasteiger partial charge >= 0.3 is 116 Å². The molecule has 0 radical (unpaired) electrons. The molecule has 4 heteroatoms. The fourth-order valence-electron chi connectivity index (χ4n) is 1.56. The first-order valence-electron chi connectivity index (χ1n) is 5.81. The SMILES string of the molecule is c1cc[c]([Co]([c]2ccccn2)[c]2ccccn2)nc1. The number of nitrogens with zero attached hydrogens (tertiary/aromatic N) is 3. The van der Waals surface area contributed by atoms with Crippen LogP contribution >= 0.6 is 0 Å². The van der Waals surface area contributed by atoms with Gasteiger partial charge in [0.05, 0.1) is 0 Å². The zero-order valence-corrected chi connectivity index (χ0v) is 11.1. The van der Waals surface area contributed by atoms with Crippen molar-refractivity contribution in [2.24, 2.45) is 0 Å². The first kappa shape index (κ1) is 12.0. The standard InChI is InChI=1S/3C5H4N.Co/c3*1-2-4-6-5-3-1;/h3*1-4H;. The van der Waals surface area contributed by atoms with Crippen LogP contribution in [0.1, 0.15) is 0 Å². The second-order valence-electron chi connectivity index (χ2n) is 3.64. The van der Waals surface area contributed by atoms with Crippen molar-refractivity contribution in [2.45, 2.75) is 0 Å². The van der Waals surface area contributed by atoms with E-state index >= 15 is 0 Å². The molecule has 0 aliphatic rings. The molecule has 0 unspecified atom stereocenters. The third-order valence-electron chi connectivity index (χ3n) is 2.36. The number of rotatable bonds is 3. The van der Waals surface area contributed by atoms with Gasteiger partial charge in [0.15, 0.2) is 0 Å². The Bertz CT molecular complexity index is 535. The molecule has 3 aromatic rings. The van der Waals surface area contributed by atoms with E-state index in [-0.39, 0.29) is 0 Å². The van der Waals surface area contributed by atoms with Gasteiger partial charge in [0, 0.05) is 0 Å². The summed E-state index contributed by atoms with van der Waals surface area (Å²) in [5.74, 6) is 0. The van der Waals surface area contributed by atoms with E-state index in [2.05, 4.69) is 15.0 Å². The molecular formula is C15H12CoN3. The van der Waals surface area contributed by atoms with Crippen LogP contribution < -0.4 is 13.9 Å². The molecule has 3 nitrogen and oxygen atoms in total. The van der Waals surface area contributed by atoms with E-state index in [1.165, 1.54) is 0 Å². The quantitative estimate of drug-likeness (QED) is 0.716. The van der Waals surface area contributed by atoms with Crippen molar-refractivity contribution in [1.82, 2.24) is 15.0 Å². The summed E-state index contributed by atoms with van der Waals surface area (Å²) >= 11 is -0.752. The summed E-state index contributed by atoms with van der Waals surface area (Å²) in [7, 11) is 0. The maximum atomic E-state index is 4.48. The van der Waals surface area contributed by atoms with E-state index in [0.717, 1.165) is 13.9 Å². The Kier molecular flexibility index (Phi) is 3.62. The summed E-state index contributed by atoms with van der Waals surface area (Å²) in [6.45, 7) is 0. The van der Waals surface area contributed by atoms with Gasteiger partial charge in [0.1, 0.15) is 0 Å². The van der Waals surface area contributed by atoms with Gasteiger partial charge in [-0.1, -0.05) is 0 Å². The number of aromatic nitrogens is 3. The average molecular weight is 293 g/mol. The van der Waals surface area contributed by atoms with Crippen molar-refractivity contribution in [3.05, 3.63) is 73.2 Å². The van der Waals surface area contributed by atoms with Crippen molar-refractivity contribution < 1.29 is 13.7 Å². The van der Waals surface area contributed by atoms with Crippen LogP contribution in [0.3, 0.4) is 0 Å². The van der Waals surface area contributed by atoms with Gasteiger partial charge in [-0.05, 0) is 0 Å². The van der Waals surface area contributed by atoms with E-state index in [9.17, 15) is 0 Å². The minimum atomic E-state index is -0.752. The van der Waals surface area contributed by atoms with Crippen molar-refractivity contribution in [2.75, 3.05) is 0 Å². The zero-order chi connectivity index (χ0) is 12.9. The minimum absolute atomic E-state index is 0.752. The van der Waals surface area contributed by atoms with Crippen LogP contribution in [-0.4, -0.2) is 15.0 Å². The Balaban J connectivity index is 2.12. The van der Waals surface area contributed by atoms with E-state index < -0.39 is 13.7 Å². The third kappa shape index (κ3) is 2.70. The predicted octanol–water partition coefficient (Wildman–Crippen LogP) is 0.766. The van der Waals surface area contributed by atoms with Crippen molar-refractivity contribution in [3.63, 3.8) is 0 Å². The van der Waals surface area contributed by atoms with Gasteiger partial charge < -0.3 is 0 Å². The fourth-order valence-corrected chi connectivity index (χ4v) is 3.84. The van der Waals surface area contributed by atoms with Crippen molar-refractivity contribution in [1.29, 1.82) is 0 Å². The van der Waals surface area contributed by atoms with Crippen LogP contribution in [0.2, 0.25) is 0 Å². The fraction of sp³-hybridized carbons (Fsp3) is 0. The van der Waals surface area contributed by atoms with Crippen LogP contribution in [0.15, 0.2) is 73.2 Å². The second-order valence-corrected chi connectivity index (χ2v) is 6.02. The Hall–Kier alpha value is -2.04. The van der Waals surface area contributed by atoms with E-state index in [1.54, 1.807) is 0 Å². The Labute approximate surface area is 116 Å². The maximum absolute atomic E-state index is 4.48. The molecule has 0 saturated carbocycles. The number of hydrogen-bond donors (Lipinski definition) is 0. The number of pyridine rings is 3. The van der Waals surface area contributed by atoms with Gasteiger partial charge in [-0.2, -0.15) is 0 Å². The van der Waals surface area contributed by atoms with E-state index in [4.69, 9.17) is 0 Å². The molecule has 96 valence electrons. The van der Waals surface area contributed by atoms with E-state index in [1.807, 2.05) is 73.2 Å². The van der Waals surface area contributed by atoms with Gasteiger partial charge in [-0.25, -0.2) is 0 Å². The normalized spacial score (nSPS) is 11.1. The molecule has 3 heterocycles. The van der Waals surface area contributed by atoms with Crippen molar-refractivity contribution >= 4 is 13.9 Å². The molecular weight excluding hydrogens is 281 g/mol. The van der Waals surface area contributed by atoms with Gasteiger partial charge in [-0.3, -0.25) is 0 Å². The molecule has 0 aliphatic heterocycles. The van der Waals surface area contributed by atoms with E-state index in [0.29, 0.717) is 0 Å². The monoisotopic (exact) mass is 293 g/mol. The summed E-state index contributed by atoms with van der Waals surface area (Å²) in [6.07, 6.45) is 5.45. The molecule has 3 rings (SSSR count). The summed E-state index contributed by atoms with van der Waals surface area (Å²) in [5, 5.41) is 0. The molecule has 0 fully saturated rings. The van der Waals surface area contributed by atoms with Crippen LogP contribution in [0.4, 0.5) is 0 Å². The summed E-state index contributed by atoms with van der Waals surface area (Å²) < 4.78 is 3.06. The van der Waals surface area contributed by atoms with Gasteiger partial charge in [0.2, 0.25) is 0 Å². The van der Waals surface area contributed by atoms with Crippen LogP contribution in [0.5, 0.6) is 0 Å². The van der Waals surface area contributed by atoms with Gasteiger partial charge in [-0.15, -0.1) is 0 Å². The molecule has 0 aromatic carbocycles. The molecule has 0 atom stereocenters. The van der Waals surface area contributed by atoms with Crippen molar-refractivity contribution in [3.8, 4) is 0 Å². The first-order chi connectivity index (χ1) is 9.45. The molecule has 0 bridgehead atoms. The molecule has 3 aromatic heterocycles. The molecule has 0 aliphatic carbocycles. The molecule has 19 heavy (non-hydrogen) atoms. The summed E-state index contributed by atoms with van der Waals surface area (Å²) in [5.41, 5.74) is 0. The van der Waals surface area contributed by atoms with Gasteiger partial charge in [0.25, 0.3) is 0 Å². The second kappa shape index (κ2) is 5.73. The molecule has 0 amide bonds. The Morgan fingerprint density at radius 3 is 1.16 bits per heavy atom. The van der Waals surface area contributed by atoms with Crippen LogP contribution in [0.25, 0.3) is 0 Å². The first-order valence-corrected chi connectivity index (χ1v) is 7.37. The molecule has 0 spiro atoms. The predicted molar refractivity (Wildman–Crippen MR) is 71.6 cm³/mol.